The van der Waals surface area contributed by atoms with Gasteiger partial charge in [0.2, 0.25) is 0 Å². The van der Waals surface area contributed by atoms with Crippen molar-refractivity contribution in [3.8, 4) is 11.3 Å². The van der Waals surface area contributed by atoms with Gasteiger partial charge in [-0.3, -0.25) is 4.98 Å². The SMILES string of the molecule is Cc1ccc(Cn2c(C)c(C)c3ccnc(-c4ccc(F)cc4)c32)cc1. The molecule has 26 heavy (non-hydrogen) atoms. The zero-order valence-corrected chi connectivity index (χ0v) is 15.3. The molecule has 2 aromatic carbocycles. The van der Waals surface area contributed by atoms with E-state index >= 15 is 0 Å². The molecule has 0 fully saturated rings. The summed E-state index contributed by atoms with van der Waals surface area (Å²) in [6, 6.07) is 17.3. The fourth-order valence-electron chi connectivity index (χ4n) is 3.49. The summed E-state index contributed by atoms with van der Waals surface area (Å²) in [6.45, 7) is 7.19. The summed E-state index contributed by atoms with van der Waals surface area (Å²) in [5.74, 6) is -0.233. The molecule has 4 aromatic rings. The number of benzene rings is 2. The third kappa shape index (κ3) is 2.80. The number of rotatable bonds is 3. The van der Waals surface area contributed by atoms with Crippen molar-refractivity contribution >= 4 is 10.9 Å². The van der Waals surface area contributed by atoms with Crippen LogP contribution in [0.4, 0.5) is 4.39 Å². The topological polar surface area (TPSA) is 17.8 Å². The molecule has 3 heteroatoms. The number of hydrogen-bond donors (Lipinski definition) is 0. The highest BCUT2D eigenvalue weighted by Gasteiger charge is 2.16. The van der Waals surface area contributed by atoms with E-state index in [9.17, 15) is 4.39 Å². The molecule has 2 heterocycles. The first-order valence-corrected chi connectivity index (χ1v) is 8.80. The van der Waals surface area contributed by atoms with E-state index in [-0.39, 0.29) is 5.82 Å². The molecular formula is C23H21FN2. The van der Waals surface area contributed by atoms with Crippen molar-refractivity contribution in [3.63, 3.8) is 0 Å². The van der Waals surface area contributed by atoms with Crippen LogP contribution >= 0.6 is 0 Å². The van der Waals surface area contributed by atoms with E-state index in [0.717, 1.165) is 23.3 Å². The van der Waals surface area contributed by atoms with E-state index < -0.39 is 0 Å². The van der Waals surface area contributed by atoms with Crippen LogP contribution in [0.2, 0.25) is 0 Å². The van der Waals surface area contributed by atoms with Gasteiger partial charge in [0.25, 0.3) is 0 Å². The molecule has 0 spiro atoms. The molecule has 0 aliphatic carbocycles. The van der Waals surface area contributed by atoms with Gasteiger partial charge >= 0.3 is 0 Å². The Morgan fingerprint density at radius 3 is 2.27 bits per heavy atom. The summed E-state index contributed by atoms with van der Waals surface area (Å²) < 4.78 is 15.7. The van der Waals surface area contributed by atoms with E-state index in [4.69, 9.17) is 0 Å². The number of pyridine rings is 1. The molecule has 0 saturated heterocycles. The highest BCUT2D eigenvalue weighted by Crippen LogP contribution is 2.33. The molecule has 0 bridgehead atoms. The van der Waals surface area contributed by atoms with Crippen LogP contribution in [0.1, 0.15) is 22.4 Å². The maximum Gasteiger partial charge on any atom is 0.123 e. The minimum absolute atomic E-state index is 0.233. The van der Waals surface area contributed by atoms with E-state index in [1.165, 1.54) is 39.9 Å². The Morgan fingerprint density at radius 2 is 1.58 bits per heavy atom. The molecule has 0 unspecified atom stereocenters. The summed E-state index contributed by atoms with van der Waals surface area (Å²) in [4.78, 5) is 4.63. The second-order valence-electron chi connectivity index (χ2n) is 6.84. The summed E-state index contributed by atoms with van der Waals surface area (Å²) >= 11 is 0. The van der Waals surface area contributed by atoms with Gasteiger partial charge < -0.3 is 4.57 Å². The second-order valence-corrected chi connectivity index (χ2v) is 6.84. The third-order valence-corrected chi connectivity index (χ3v) is 5.12. The van der Waals surface area contributed by atoms with Gasteiger partial charge in [-0.05, 0) is 62.2 Å². The zero-order chi connectivity index (χ0) is 18.3. The highest BCUT2D eigenvalue weighted by atomic mass is 19.1. The molecule has 0 aliphatic heterocycles. The third-order valence-electron chi connectivity index (χ3n) is 5.12. The lowest BCUT2D eigenvalue weighted by molar-refractivity contribution is 0.628. The van der Waals surface area contributed by atoms with Gasteiger partial charge in [-0.15, -0.1) is 0 Å². The Bertz CT molecular complexity index is 1070. The first-order chi connectivity index (χ1) is 12.5. The second kappa shape index (κ2) is 6.41. The van der Waals surface area contributed by atoms with Crippen LogP contribution in [0, 0.1) is 26.6 Å². The number of hydrogen-bond acceptors (Lipinski definition) is 1. The van der Waals surface area contributed by atoms with Crippen molar-refractivity contribution in [1.82, 2.24) is 9.55 Å². The van der Waals surface area contributed by atoms with Crippen LogP contribution in [0.3, 0.4) is 0 Å². The largest absolute Gasteiger partial charge is 0.338 e. The Labute approximate surface area is 152 Å². The average molecular weight is 344 g/mol. The lowest BCUT2D eigenvalue weighted by Crippen LogP contribution is -2.03. The van der Waals surface area contributed by atoms with Gasteiger partial charge in [0.15, 0.2) is 0 Å². The van der Waals surface area contributed by atoms with Crippen LogP contribution in [0.5, 0.6) is 0 Å². The van der Waals surface area contributed by atoms with Gasteiger partial charge in [0.1, 0.15) is 5.82 Å². The van der Waals surface area contributed by atoms with Crippen molar-refractivity contribution in [2.24, 2.45) is 0 Å². The van der Waals surface area contributed by atoms with Gasteiger partial charge in [-0.2, -0.15) is 0 Å². The van der Waals surface area contributed by atoms with Crippen LogP contribution in [0.15, 0.2) is 60.8 Å². The molecule has 0 N–H and O–H groups in total. The number of fused-ring (bicyclic) bond motifs is 1. The van der Waals surface area contributed by atoms with Crippen LogP contribution in [-0.2, 0) is 6.54 Å². The Kier molecular flexibility index (Phi) is 4.08. The lowest BCUT2D eigenvalue weighted by atomic mass is 10.1. The van der Waals surface area contributed by atoms with E-state index in [1.54, 1.807) is 12.1 Å². The fraction of sp³-hybridized carbons (Fsp3) is 0.174. The number of aromatic nitrogens is 2. The van der Waals surface area contributed by atoms with Crippen molar-refractivity contribution in [1.29, 1.82) is 0 Å². The van der Waals surface area contributed by atoms with Gasteiger partial charge in [0, 0.05) is 29.4 Å². The summed E-state index contributed by atoms with van der Waals surface area (Å²) in [5.41, 5.74) is 7.94. The molecule has 0 aliphatic rings. The minimum atomic E-state index is -0.233. The Hall–Kier alpha value is -2.94. The fourth-order valence-corrected chi connectivity index (χ4v) is 3.49. The van der Waals surface area contributed by atoms with E-state index in [1.807, 2.05) is 6.20 Å². The highest BCUT2D eigenvalue weighted by molar-refractivity contribution is 5.95. The maximum atomic E-state index is 13.4. The number of nitrogens with zero attached hydrogens (tertiary/aromatic N) is 2. The van der Waals surface area contributed by atoms with Crippen LogP contribution < -0.4 is 0 Å². The van der Waals surface area contributed by atoms with Crippen molar-refractivity contribution in [2.45, 2.75) is 27.3 Å². The predicted molar refractivity (Wildman–Crippen MR) is 105 cm³/mol. The Morgan fingerprint density at radius 1 is 0.885 bits per heavy atom. The molecule has 0 saturated carbocycles. The smallest absolute Gasteiger partial charge is 0.123 e. The van der Waals surface area contributed by atoms with E-state index in [2.05, 4.69) is 60.7 Å². The van der Waals surface area contributed by atoms with Crippen molar-refractivity contribution in [2.75, 3.05) is 0 Å². The standard InChI is InChI=1S/C23H21FN2/c1-15-4-6-18(7-5-15)14-26-17(3)16(2)21-12-13-25-22(23(21)26)19-8-10-20(24)11-9-19/h4-13H,14H2,1-3H3. The first kappa shape index (κ1) is 16.5. The van der Waals surface area contributed by atoms with Gasteiger partial charge in [0.05, 0.1) is 11.2 Å². The first-order valence-electron chi connectivity index (χ1n) is 8.80. The van der Waals surface area contributed by atoms with Crippen LogP contribution in [-0.4, -0.2) is 9.55 Å². The van der Waals surface area contributed by atoms with Gasteiger partial charge in [-0.1, -0.05) is 29.8 Å². The molecule has 0 radical (unpaired) electrons. The number of halogens is 1. The monoisotopic (exact) mass is 344 g/mol. The number of aryl methyl sites for hydroxylation is 2. The van der Waals surface area contributed by atoms with Gasteiger partial charge in [-0.25, -0.2) is 4.39 Å². The molecule has 130 valence electrons. The maximum absolute atomic E-state index is 13.4. The van der Waals surface area contributed by atoms with Crippen molar-refractivity contribution in [3.05, 3.63) is 89.0 Å². The normalized spacial score (nSPS) is 11.2. The molecular weight excluding hydrogens is 323 g/mol. The quantitative estimate of drug-likeness (QED) is 0.458. The van der Waals surface area contributed by atoms with E-state index in [0.29, 0.717) is 0 Å². The molecule has 4 rings (SSSR count). The van der Waals surface area contributed by atoms with Crippen molar-refractivity contribution < 1.29 is 4.39 Å². The Balaban J connectivity index is 1.93. The molecule has 2 aromatic heterocycles. The summed E-state index contributed by atoms with van der Waals surface area (Å²) in [7, 11) is 0. The molecule has 2 nitrogen and oxygen atoms in total. The lowest BCUT2D eigenvalue weighted by Gasteiger charge is -2.12. The molecule has 0 atom stereocenters. The summed E-state index contributed by atoms with van der Waals surface area (Å²) in [6.07, 6.45) is 1.84. The average Bonchev–Trinajstić information content (AvgIpc) is 2.89. The zero-order valence-electron chi connectivity index (χ0n) is 15.3. The summed E-state index contributed by atoms with van der Waals surface area (Å²) in [5, 5.41) is 1.20. The predicted octanol–water partition coefficient (Wildman–Crippen LogP) is 5.82. The van der Waals surface area contributed by atoms with Crippen LogP contribution in [0.25, 0.3) is 22.2 Å². The minimum Gasteiger partial charge on any atom is -0.338 e. The molecule has 0 amide bonds.